The fourth-order valence-electron chi connectivity index (χ4n) is 2.00. The van der Waals surface area contributed by atoms with Crippen LogP contribution in [0.25, 0.3) is 0 Å². The number of anilines is 1. The zero-order valence-electron chi connectivity index (χ0n) is 12.8. The van der Waals surface area contributed by atoms with Crippen molar-refractivity contribution in [3.8, 4) is 0 Å². The van der Waals surface area contributed by atoms with Crippen LogP contribution in [-0.2, 0) is 14.8 Å². The summed E-state index contributed by atoms with van der Waals surface area (Å²) in [6.45, 7) is 3.59. The van der Waals surface area contributed by atoms with E-state index in [1.807, 2.05) is 13.8 Å². The monoisotopic (exact) mass is 366 g/mol. The number of amides is 1. The average Bonchev–Trinajstić information content (AvgIpc) is 2.38. The molecule has 0 bridgehead atoms. The average molecular weight is 367 g/mol. The smallest absolute Gasteiger partial charge is 0.240 e. The van der Waals surface area contributed by atoms with Gasteiger partial charge < -0.3 is 5.32 Å². The largest absolute Gasteiger partial charge is 0.352 e. The molecule has 0 saturated heterocycles. The van der Waals surface area contributed by atoms with Crippen molar-refractivity contribution >= 4 is 44.8 Å². The molecule has 1 atom stereocenters. The summed E-state index contributed by atoms with van der Waals surface area (Å²) >= 11 is 11.7. The maximum Gasteiger partial charge on any atom is 0.240 e. The van der Waals surface area contributed by atoms with Crippen molar-refractivity contribution in [2.75, 3.05) is 17.1 Å². The van der Waals surface area contributed by atoms with E-state index in [1.54, 1.807) is 0 Å². The van der Waals surface area contributed by atoms with Crippen molar-refractivity contribution in [2.45, 2.75) is 32.7 Å². The molecule has 5 nitrogen and oxygen atoms in total. The molecule has 1 aromatic carbocycles. The highest BCUT2D eigenvalue weighted by atomic mass is 35.5. The molecule has 0 aliphatic carbocycles. The summed E-state index contributed by atoms with van der Waals surface area (Å²) in [4.78, 5) is 12.0. The lowest BCUT2D eigenvalue weighted by atomic mass is 10.2. The van der Waals surface area contributed by atoms with Gasteiger partial charge in [0.15, 0.2) is 0 Å². The third kappa shape index (κ3) is 5.66. The van der Waals surface area contributed by atoms with Gasteiger partial charge in [0, 0.05) is 6.04 Å². The van der Waals surface area contributed by atoms with Gasteiger partial charge in [0.25, 0.3) is 0 Å². The van der Waals surface area contributed by atoms with Crippen LogP contribution in [-0.4, -0.2) is 33.2 Å². The standard InChI is InChI=1S/C14H20Cl2N2O3S/c1-4-5-10(2)17-14(19)9-18(22(3,20)21)11-6-7-12(15)13(16)8-11/h6-8,10H,4-5,9H2,1-3H3,(H,17,19). The van der Waals surface area contributed by atoms with Gasteiger partial charge in [-0.25, -0.2) is 8.42 Å². The maximum atomic E-state index is 12.0. The molecule has 0 radical (unpaired) electrons. The summed E-state index contributed by atoms with van der Waals surface area (Å²) < 4.78 is 24.9. The second-order valence-electron chi connectivity index (χ2n) is 5.13. The van der Waals surface area contributed by atoms with E-state index in [2.05, 4.69) is 5.32 Å². The Bertz CT molecular complexity index is 635. The molecule has 0 fully saturated rings. The van der Waals surface area contributed by atoms with E-state index in [1.165, 1.54) is 18.2 Å². The molecule has 0 aliphatic heterocycles. The lowest BCUT2D eigenvalue weighted by Crippen LogP contribution is -2.43. The Kier molecular flexibility index (Phi) is 6.97. The molecule has 1 rings (SSSR count). The molecular weight excluding hydrogens is 347 g/mol. The van der Waals surface area contributed by atoms with Crippen molar-refractivity contribution < 1.29 is 13.2 Å². The van der Waals surface area contributed by atoms with Gasteiger partial charge in [0.2, 0.25) is 15.9 Å². The van der Waals surface area contributed by atoms with Crippen molar-refractivity contribution in [1.82, 2.24) is 5.32 Å². The Balaban J connectivity index is 2.95. The van der Waals surface area contributed by atoms with Crippen molar-refractivity contribution in [1.29, 1.82) is 0 Å². The quantitative estimate of drug-likeness (QED) is 0.806. The van der Waals surface area contributed by atoms with Crippen LogP contribution in [0.2, 0.25) is 10.0 Å². The first kappa shape index (κ1) is 19.1. The fraction of sp³-hybridized carbons (Fsp3) is 0.500. The van der Waals surface area contributed by atoms with Gasteiger partial charge >= 0.3 is 0 Å². The van der Waals surface area contributed by atoms with Gasteiger partial charge in [-0.1, -0.05) is 36.5 Å². The third-order valence-corrected chi connectivity index (χ3v) is 4.89. The van der Waals surface area contributed by atoms with Crippen LogP contribution in [0.15, 0.2) is 18.2 Å². The van der Waals surface area contributed by atoms with Gasteiger partial charge in [-0.15, -0.1) is 0 Å². The number of carbonyl (C=O) groups excluding carboxylic acids is 1. The molecule has 0 aliphatic rings. The van der Waals surface area contributed by atoms with Crippen molar-refractivity contribution in [2.24, 2.45) is 0 Å². The summed E-state index contributed by atoms with van der Waals surface area (Å²) in [5.41, 5.74) is 0.301. The number of hydrogen-bond acceptors (Lipinski definition) is 3. The van der Waals surface area contributed by atoms with Gasteiger partial charge in [-0.05, 0) is 31.5 Å². The van der Waals surface area contributed by atoms with E-state index in [0.29, 0.717) is 10.7 Å². The van der Waals surface area contributed by atoms with Crippen molar-refractivity contribution in [3.05, 3.63) is 28.2 Å². The third-order valence-electron chi connectivity index (χ3n) is 3.01. The Morgan fingerprint density at radius 1 is 1.32 bits per heavy atom. The van der Waals surface area contributed by atoms with E-state index in [4.69, 9.17) is 23.2 Å². The number of nitrogens with zero attached hydrogens (tertiary/aromatic N) is 1. The van der Waals surface area contributed by atoms with Gasteiger partial charge in [-0.3, -0.25) is 9.10 Å². The predicted molar refractivity (Wildman–Crippen MR) is 91.2 cm³/mol. The molecular formula is C14H20Cl2N2O3S. The first-order chi connectivity index (χ1) is 10.1. The molecule has 0 heterocycles. The van der Waals surface area contributed by atoms with E-state index in [9.17, 15) is 13.2 Å². The molecule has 1 aromatic rings. The topological polar surface area (TPSA) is 66.5 Å². The zero-order chi connectivity index (χ0) is 16.9. The molecule has 1 unspecified atom stereocenters. The van der Waals surface area contributed by atoms with Crippen LogP contribution >= 0.6 is 23.2 Å². The molecule has 22 heavy (non-hydrogen) atoms. The highest BCUT2D eigenvalue weighted by Gasteiger charge is 2.22. The first-order valence-electron chi connectivity index (χ1n) is 6.87. The minimum absolute atomic E-state index is 0.00674. The minimum Gasteiger partial charge on any atom is -0.352 e. The molecule has 0 aromatic heterocycles. The number of nitrogens with one attached hydrogen (secondary N) is 1. The Hall–Kier alpha value is -0.980. The van der Waals surface area contributed by atoms with Gasteiger partial charge in [-0.2, -0.15) is 0 Å². The second kappa shape index (κ2) is 8.04. The lowest BCUT2D eigenvalue weighted by Gasteiger charge is -2.23. The van der Waals surface area contributed by atoms with E-state index in [0.717, 1.165) is 23.4 Å². The van der Waals surface area contributed by atoms with E-state index >= 15 is 0 Å². The van der Waals surface area contributed by atoms with E-state index in [-0.39, 0.29) is 23.5 Å². The van der Waals surface area contributed by atoms with Gasteiger partial charge in [0.1, 0.15) is 6.54 Å². The van der Waals surface area contributed by atoms with Crippen molar-refractivity contribution in [3.63, 3.8) is 0 Å². The number of halogens is 2. The Labute approximate surface area is 141 Å². The van der Waals surface area contributed by atoms with Crippen LogP contribution in [0, 0.1) is 0 Å². The maximum absolute atomic E-state index is 12.0. The predicted octanol–water partition coefficient (Wildman–Crippen LogP) is 3.06. The summed E-state index contributed by atoms with van der Waals surface area (Å²) in [6, 6.07) is 4.42. The number of benzene rings is 1. The second-order valence-corrected chi connectivity index (χ2v) is 7.85. The Morgan fingerprint density at radius 2 is 1.95 bits per heavy atom. The van der Waals surface area contributed by atoms with Crippen LogP contribution in [0.4, 0.5) is 5.69 Å². The van der Waals surface area contributed by atoms with Crippen LogP contribution < -0.4 is 9.62 Å². The van der Waals surface area contributed by atoms with Gasteiger partial charge in [0.05, 0.1) is 22.0 Å². The molecule has 0 spiro atoms. The first-order valence-corrected chi connectivity index (χ1v) is 9.47. The number of hydrogen-bond donors (Lipinski definition) is 1. The normalized spacial score (nSPS) is 12.8. The molecule has 8 heteroatoms. The fourth-order valence-corrected chi connectivity index (χ4v) is 3.14. The highest BCUT2D eigenvalue weighted by Crippen LogP contribution is 2.28. The van der Waals surface area contributed by atoms with Crippen LogP contribution in [0.3, 0.4) is 0 Å². The zero-order valence-corrected chi connectivity index (χ0v) is 15.1. The van der Waals surface area contributed by atoms with E-state index < -0.39 is 10.0 Å². The highest BCUT2D eigenvalue weighted by molar-refractivity contribution is 7.92. The molecule has 0 saturated carbocycles. The van der Waals surface area contributed by atoms with Crippen LogP contribution in [0.5, 0.6) is 0 Å². The summed E-state index contributed by atoms with van der Waals surface area (Å²) in [5.74, 6) is -0.363. The number of sulfonamides is 1. The number of carbonyl (C=O) groups is 1. The summed E-state index contributed by atoms with van der Waals surface area (Å²) in [5, 5.41) is 3.32. The molecule has 124 valence electrons. The molecule has 1 N–H and O–H groups in total. The van der Waals surface area contributed by atoms with Crippen LogP contribution in [0.1, 0.15) is 26.7 Å². The minimum atomic E-state index is -3.62. The Morgan fingerprint density at radius 3 is 2.45 bits per heavy atom. The SMILES string of the molecule is CCCC(C)NC(=O)CN(c1ccc(Cl)c(Cl)c1)S(C)(=O)=O. The number of rotatable bonds is 7. The molecule has 1 amide bonds. The summed E-state index contributed by atoms with van der Waals surface area (Å²) in [6.07, 6.45) is 2.81. The lowest BCUT2D eigenvalue weighted by molar-refractivity contribution is -0.120. The summed E-state index contributed by atoms with van der Waals surface area (Å²) in [7, 11) is -3.62.